The summed E-state index contributed by atoms with van der Waals surface area (Å²) in [5, 5.41) is 0. The Balaban J connectivity index is 2.13. The zero-order valence-electron chi connectivity index (χ0n) is 11.9. The molecular weight excluding hydrogens is 268 g/mol. The second-order valence-electron chi connectivity index (χ2n) is 4.54. The normalized spacial score (nSPS) is 10.1. The van der Waals surface area contributed by atoms with Crippen LogP contribution in [0.5, 0.6) is 0 Å². The summed E-state index contributed by atoms with van der Waals surface area (Å²) in [7, 11) is 0. The Kier molecular flexibility index (Phi) is 5.15. The summed E-state index contributed by atoms with van der Waals surface area (Å²) in [4.78, 5) is 28.5. The number of hydrogen-bond donors (Lipinski definition) is 1. The van der Waals surface area contributed by atoms with Crippen molar-refractivity contribution in [3.8, 4) is 0 Å². The van der Waals surface area contributed by atoms with E-state index in [9.17, 15) is 9.59 Å². The van der Waals surface area contributed by atoms with Gasteiger partial charge < -0.3 is 14.6 Å². The molecule has 0 aliphatic rings. The first-order valence-electron chi connectivity index (χ1n) is 6.83. The van der Waals surface area contributed by atoms with Gasteiger partial charge in [-0.25, -0.2) is 0 Å². The van der Waals surface area contributed by atoms with Gasteiger partial charge in [0.05, 0.1) is 6.61 Å². The number of rotatable bonds is 6. The summed E-state index contributed by atoms with van der Waals surface area (Å²) < 4.78 is 4.93. The number of H-pyrrole nitrogens is 1. The van der Waals surface area contributed by atoms with Crippen molar-refractivity contribution in [2.45, 2.75) is 13.5 Å². The van der Waals surface area contributed by atoms with Gasteiger partial charge in [-0.15, -0.1) is 0 Å². The van der Waals surface area contributed by atoms with Gasteiger partial charge >= 0.3 is 5.97 Å². The Hall–Kier alpha value is -2.56. The van der Waals surface area contributed by atoms with Crippen LogP contribution >= 0.6 is 0 Å². The van der Waals surface area contributed by atoms with E-state index < -0.39 is 5.97 Å². The number of aromatic amines is 1. The lowest BCUT2D eigenvalue weighted by molar-refractivity contribution is -0.143. The molecule has 21 heavy (non-hydrogen) atoms. The Morgan fingerprint density at radius 2 is 1.90 bits per heavy atom. The van der Waals surface area contributed by atoms with Crippen molar-refractivity contribution >= 4 is 11.9 Å². The number of benzene rings is 1. The average Bonchev–Trinajstić information content (AvgIpc) is 3.01. The summed E-state index contributed by atoms with van der Waals surface area (Å²) in [6, 6.07) is 13.0. The highest BCUT2D eigenvalue weighted by molar-refractivity contribution is 5.94. The lowest BCUT2D eigenvalue weighted by Gasteiger charge is -2.21. The minimum atomic E-state index is -0.409. The molecule has 0 fully saturated rings. The SMILES string of the molecule is CCOC(=O)CN(Cc1ccccc1)C(=O)c1ccc[nH]1. The first-order chi connectivity index (χ1) is 10.2. The number of aromatic nitrogens is 1. The van der Waals surface area contributed by atoms with Crippen LogP contribution in [0.2, 0.25) is 0 Å². The van der Waals surface area contributed by atoms with Crippen LogP contribution in [0.3, 0.4) is 0 Å². The van der Waals surface area contributed by atoms with E-state index in [4.69, 9.17) is 4.74 Å². The minimum absolute atomic E-state index is 0.0689. The monoisotopic (exact) mass is 286 g/mol. The molecule has 0 spiro atoms. The van der Waals surface area contributed by atoms with E-state index in [-0.39, 0.29) is 12.5 Å². The van der Waals surface area contributed by atoms with E-state index in [1.165, 1.54) is 4.90 Å². The number of nitrogens with zero attached hydrogens (tertiary/aromatic N) is 1. The van der Waals surface area contributed by atoms with Crippen molar-refractivity contribution in [2.24, 2.45) is 0 Å². The second kappa shape index (κ2) is 7.28. The fourth-order valence-corrected chi connectivity index (χ4v) is 2.00. The number of esters is 1. The van der Waals surface area contributed by atoms with Crippen molar-refractivity contribution in [3.63, 3.8) is 0 Å². The predicted molar refractivity (Wildman–Crippen MR) is 78.6 cm³/mol. The number of amides is 1. The van der Waals surface area contributed by atoms with E-state index >= 15 is 0 Å². The fourth-order valence-electron chi connectivity index (χ4n) is 2.00. The number of nitrogens with one attached hydrogen (secondary N) is 1. The van der Waals surface area contributed by atoms with Gasteiger partial charge in [-0.2, -0.15) is 0 Å². The van der Waals surface area contributed by atoms with E-state index in [2.05, 4.69) is 4.98 Å². The topological polar surface area (TPSA) is 62.4 Å². The standard InChI is InChI=1S/C16H18N2O3/c1-2-21-15(19)12-18(11-13-7-4-3-5-8-13)16(20)14-9-6-10-17-14/h3-10,17H,2,11-12H2,1H3. The molecule has 110 valence electrons. The van der Waals surface area contributed by atoms with Gasteiger partial charge in [0.15, 0.2) is 0 Å². The van der Waals surface area contributed by atoms with Crippen LogP contribution in [-0.4, -0.2) is 34.9 Å². The van der Waals surface area contributed by atoms with Gasteiger partial charge in [-0.1, -0.05) is 30.3 Å². The lowest BCUT2D eigenvalue weighted by atomic mass is 10.2. The molecule has 2 aromatic rings. The highest BCUT2D eigenvalue weighted by Crippen LogP contribution is 2.09. The molecule has 0 atom stereocenters. The van der Waals surface area contributed by atoms with Crippen LogP contribution in [0.1, 0.15) is 23.0 Å². The number of carbonyl (C=O) groups is 2. The van der Waals surface area contributed by atoms with Crippen molar-refractivity contribution in [2.75, 3.05) is 13.2 Å². The van der Waals surface area contributed by atoms with E-state index in [0.29, 0.717) is 18.8 Å². The Morgan fingerprint density at radius 1 is 1.14 bits per heavy atom. The van der Waals surface area contributed by atoms with Crippen LogP contribution < -0.4 is 0 Å². The van der Waals surface area contributed by atoms with E-state index in [0.717, 1.165) is 5.56 Å². The summed E-state index contributed by atoms with van der Waals surface area (Å²) in [5.41, 5.74) is 1.41. The van der Waals surface area contributed by atoms with Gasteiger partial charge in [0.25, 0.3) is 5.91 Å². The van der Waals surface area contributed by atoms with E-state index in [1.807, 2.05) is 30.3 Å². The van der Waals surface area contributed by atoms with Gasteiger partial charge in [0.1, 0.15) is 12.2 Å². The molecule has 0 aliphatic heterocycles. The largest absolute Gasteiger partial charge is 0.465 e. The van der Waals surface area contributed by atoms with Gasteiger partial charge in [0, 0.05) is 12.7 Å². The molecule has 1 amide bonds. The molecule has 0 saturated carbocycles. The van der Waals surface area contributed by atoms with Gasteiger partial charge in [-0.3, -0.25) is 9.59 Å². The van der Waals surface area contributed by atoms with Crippen LogP contribution in [-0.2, 0) is 16.1 Å². The van der Waals surface area contributed by atoms with Crippen LogP contribution in [0.15, 0.2) is 48.7 Å². The quantitative estimate of drug-likeness (QED) is 0.828. The maximum Gasteiger partial charge on any atom is 0.325 e. The van der Waals surface area contributed by atoms with Crippen molar-refractivity contribution in [1.82, 2.24) is 9.88 Å². The molecule has 1 aromatic carbocycles. The summed E-state index contributed by atoms with van der Waals surface area (Å²) in [6.07, 6.45) is 1.68. The van der Waals surface area contributed by atoms with Crippen molar-refractivity contribution in [1.29, 1.82) is 0 Å². The highest BCUT2D eigenvalue weighted by Gasteiger charge is 2.20. The van der Waals surface area contributed by atoms with E-state index in [1.54, 1.807) is 25.3 Å². The summed E-state index contributed by atoms with van der Waals surface area (Å²) in [5.74, 6) is -0.634. The Labute approximate surface area is 123 Å². The average molecular weight is 286 g/mol. The maximum atomic E-state index is 12.4. The fraction of sp³-hybridized carbons (Fsp3) is 0.250. The summed E-state index contributed by atoms with van der Waals surface area (Å²) in [6.45, 7) is 2.33. The molecule has 1 N–H and O–H groups in total. The molecule has 0 bridgehead atoms. The molecule has 5 heteroatoms. The molecule has 1 heterocycles. The van der Waals surface area contributed by atoms with Crippen LogP contribution in [0, 0.1) is 0 Å². The number of ether oxygens (including phenoxy) is 1. The smallest absolute Gasteiger partial charge is 0.325 e. The molecule has 0 radical (unpaired) electrons. The molecular formula is C16H18N2O3. The first kappa shape index (κ1) is 14.8. The first-order valence-corrected chi connectivity index (χ1v) is 6.83. The molecule has 0 saturated heterocycles. The molecule has 0 aliphatic carbocycles. The minimum Gasteiger partial charge on any atom is -0.465 e. The number of carbonyl (C=O) groups excluding carboxylic acids is 2. The van der Waals surface area contributed by atoms with Gasteiger partial charge in [-0.05, 0) is 24.6 Å². The zero-order chi connectivity index (χ0) is 15.1. The third-order valence-corrected chi connectivity index (χ3v) is 2.96. The predicted octanol–water partition coefficient (Wildman–Crippen LogP) is 2.22. The van der Waals surface area contributed by atoms with Gasteiger partial charge in [0.2, 0.25) is 0 Å². The third kappa shape index (κ3) is 4.21. The molecule has 0 unspecified atom stereocenters. The number of hydrogen-bond acceptors (Lipinski definition) is 3. The third-order valence-electron chi connectivity index (χ3n) is 2.96. The Bertz CT molecular complexity index is 579. The second-order valence-corrected chi connectivity index (χ2v) is 4.54. The Morgan fingerprint density at radius 3 is 2.52 bits per heavy atom. The highest BCUT2D eigenvalue weighted by atomic mass is 16.5. The molecule has 1 aromatic heterocycles. The van der Waals surface area contributed by atoms with Crippen LogP contribution in [0.25, 0.3) is 0 Å². The maximum absolute atomic E-state index is 12.4. The van der Waals surface area contributed by atoms with Crippen molar-refractivity contribution in [3.05, 3.63) is 59.9 Å². The lowest BCUT2D eigenvalue weighted by Crippen LogP contribution is -2.36. The molecule has 2 rings (SSSR count). The molecule has 5 nitrogen and oxygen atoms in total. The van der Waals surface area contributed by atoms with Crippen LogP contribution in [0.4, 0.5) is 0 Å². The van der Waals surface area contributed by atoms with Crippen molar-refractivity contribution < 1.29 is 14.3 Å². The zero-order valence-corrected chi connectivity index (χ0v) is 11.9. The summed E-state index contributed by atoms with van der Waals surface area (Å²) >= 11 is 0.